The van der Waals surface area contributed by atoms with E-state index < -0.39 is 17.5 Å². The molecule has 0 aliphatic heterocycles. The lowest BCUT2D eigenvalue weighted by molar-refractivity contribution is -0.123. The Morgan fingerprint density at radius 3 is 2.85 bits per heavy atom. The fourth-order valence-electron chi connectivity index (χ4n) is 1.61. The number of carbonyl (C=O) groups is 1. The van der Waals surface area contributed by atoms with E-state index in [0.29, 0.717) is 12.8 Å². The summed E-state index contributed by atoms with van der Waals surface area (Å²) >= 11 is 0. The van der Waals surface area contributed by atoms with Crippen LogP contribution in [0.4, 0.5) is 4.39 Å². The van der Waals surface area contributed by atoms with Gasteiger partial charge in [0.05, 0.1) is 5.92 Å². The molecule has 0 spiro atoms. The number of carbonyl (C=O) groups excluding carboxylic acids is 1. The van der Waals surface area contributed by atoms with E-state index in [1.807, 2.05) is 6.92 Å². The molecule has 1 rings (SSSR count). The van der Waals surface area contributed by atoms with Crippen LogP contribution >= 0.6 is 0 Å². The number of primary amides is 1. The van der Waals surface area contributed by atoms with Crippen LogP contribution in [0.5, 0.6) is 0 Å². The molecule has 2 N–H and O–H groups in total. The predicted octanol–water partition coefficient (Wildman–Crippen LogP) is 1.72. The first-order chi connectivity index (χ1) is 6.10. The van der Waals surface area contributed by atoms with Crippen LogP contribution in [0.3, 0.4) is 0 Å². The van der Waals surface area contributed by atoms with Gasteiger partial charge in [0.25, 0.3) is 0 Å². The van der Waals surface area contributed by atoms with E-state index in [1.165, 1.54) is 12.2 Å². The molecule has 0 saturated heterocycles. The molecule has 0 aromatic rings. The highest BCUT2D eigenvalue weighted by molar-refractivity contribution is 5.80. The molecule has 0 aromatic carbocycles. The Balaban J connectivity index is 2.86. The minimum absolute atomic E-state index is 0.335. The maximum Gasteiger partial charge on any atom is 0.227 e. The molecule has 0 fully saturated rings. The largest absolute Gasteiger partial charge is 0.369 e. The third-order valence-corrected chi connectivity index (χ3v) is 2.24. The molecule has 2 unspecified atom stereocenters. The molecule has 0 bridgehead atoms. The van der Waals surface area contributed by atoms with E-state index in [-0.39, 0.29) is 0 Å². The van der Waals surface area contributed by atoms with Crippen molar-refractivity contribution in [2.75, 3.05) is 0 Å². The summed E-state index contributed by atoms with van der Waals surface area (Å²) in [6.07, 6.45) is 7.25. The molecule has 0 radical (unpaired) electrons. The van der Waals surface area contributed by atoms with E-state index in [2.05, 4.69) is 0 Å². The van der Waals surface area contributed by atoms with Gasteiger partial charge in [-0.1, -0.05) is 31.6 Å². The van der Waals surface area contributed by atoms with Gasteiger partial charge < -0.3 is 5.73 Å². The Morgan fingerprint density at radius 2 is 2.31 bits per heavy atom. The Kier molecular flexibility index (Phi) is 2.86. The molecule has 1 aliphatic carbocycles. The molecule has 2 atom stereocenters. The van der Waals surface area contributed by atoms with Crippen molar-refractivity contribution >= 4 is 5.91 Å². The van der Waals surface area contributed by atoms with Gasteiger partial charge in [0.15, 0.2) is 0 Å². The number of hydrogen-bond donors (Lipinski definition) is 1. The van der Waals surface area contributed by atoms with E-state index >= 15 is 0 Å². The van der Waals surface area contributed by atoms with Gasteiger partial charge in [-0.2, -0.15) is 0 Å². The second kappa shape index (κ2) is 3.73. The first kappa shape index (κ1) is 9.96. The molecule has 1 amide bonds. The smallest absolute Gasteiger partial charge is 0.227 e. The van der Waals surface area contributed by atoms with Crippen molar-refractivity contribution in [3.63, 3.8) is 0 Å². The van der Waals surface area contributed by atoms with Crippen LogP contribution in [0.2, 0.25) is 0 Å². The zero-order valence-electron chi connectivity index (χ0n) is 7.66. The molecule has 0 saturated carbocycles. The van der Waals surface area contributed by atoms with Crippen LogP contribution in [0.25, 0.3) is 0 Å². The van der Waals surface area contributed by atoms with E-state index in [1.54, 1.807) is 12.2 Å². The molecular weight excluding hydrogens is 169 g/mol. The van der Waals surface area contributed by atoms with Crippen molar-refractivity contribution in [3.8, 4) is 0 Å². The summed E-state index contributed by atoms with van der Waals surface area (Å²) in [7, 11) is 0. The average Bonchev–Trinajstić information content (AvgIpc) is 2.04. The quantitative estimate of drug-likeness (QED) is 0.711. The lowest BCUT2D eigenvalue weighted by Crippen LogP contribution is -2.40. The van der Waals surface area contributed by atoms with Crippen LogP contribution in [0.1, 0.15) is 19.8 Å². The monoisotopic (exact) mass is 183 g/mol. The maximum atomic E-state index is 14.0. The van der Waals surface area contributed by atoms with Crippen molar-refractivity contribution in [1.82, 2.24) is 0 Å². The third-order valence-electron chi connectivity index (χ3n) is 2.24. The topological polar surface area (TPSA) is 43.1 Å². The Labute approximate surface area is 77.3 Å². The summed E-state index contributed by atoms with van der Waals surface area (Å²) < 4.78 is 14.0. The van der Waals surface area contributed by atoms with E-state index in [4.69, 9.17) is 5.73 Å². The van der Waals surface area contributed by atoms with Crippen molar-refractivity contribution in [2.45, 2.75) is 25.4 Å². The van der Waals surface area contributed by atoms with Gasteiger partial charge in [0.1, 0.15) is 5.67 Å². The molecule has 0 aromatic heterocycles. The summed E-state index contributed by atoms with van der Waals surface area (Å²) in [6.45, 7) is 1.88. The highest BCUT2D eigenvalue weighted by atomic mass is 19.1. The SMILES string of the molecule is CCCC1(F)C=CC=CC1C(N)=O. The van der Waals surface area contributed by atoms with Crippen molar-refractivity contribution in [3.05, 3.63) is 24.3 Å². The summed E-state index contributed by atoms with van der Waals surface area (Å²) in [5.74, 6) is -1.41. The van der Waals surface area contributed by atoms with Crippen LogP contribution in [-0.2, 0) is 4.79 Å². The number of alkyl halides is 1. The summed E-state index contributed by atoms with van der Waals surface area (Å²) in [5.41, 5.74) is 3.53. The Bertz CT molecular complexity index is 260. The Morgan fingerprint density at radius 1 is 1.62 bits per heavy atom. The lowest BCUT2D eigenvalue weighted by atomic mass is 9.82. The van der Waals surface area contributed by atoms with Crippen molar-refractivity contribution in [2.24, 2.45) is 11.7 Å². The number of hydrogen-bond acceptors (Lipinski definition) is 1. The highest BCUT2D eigenvalue weighted by Gasteiger charge is 2.38. The molecule has 13 heavy (non-hydrogen) atoms. The van der Waals surface area contributed by atoms with Crippen LogP contribution in [0.15, 0.2) is 24.3 Å². The molecular formula is C10H14FNO. The zero-order chi connectivity index (χ0) is 9.90. The van der Waals surface area contributed by atoms with E-state index in [0.717, 1.165) is 0 Å². The fraction of sp³-hybridized carbons (Fsp3) is 0.500. The number of allylic oxidation sites excluding steroid dienone is 3. The first-order valence-corrected chi connectivity index (χ1v) is 4.44. The number of amides is 1. The van der Waals surface area contributed by atoms with Gasteiger partial charge in [-0.3, -0.25) is 4.79 Å². The summed E-state index contributed by atoms with van der Waals surface area (Å²) in [6, 6.07) is 0. The van der Waals surface area contributed by atoms with Crippen molar-refractivity contribution < 1.29 is 9.18 Å². The van der Waals surface area contributed by atoms with Crippen molar-refractivity contribution in [1.29, 1.82) is 0 Å². The molecule has 0 heterocycles. The number of nitrogens with two attached hydrogens (primary N) is 1. The average molecular weight is 183 g/mol. The second-order valence-electron chi connectivity index (χ2n) is 3.30. The fourth-order valence-corrected chi connectivity index (χ4v) is 1.61. The number of halogens is 1. The predicted molar refractivity (Wildman–Crippen MR) is 49.7 cm³/mol. The highest BCUT2D eigenvalue weighted by Crippen LogP contribution is 2.32. The summed E-state index contributed by atoms with van der Waals surface area (Å²) in [4.78, 5) is 10.9. The van der Waals surface area contributed by atoms with Gasteiger partial charge in [-0.05, 0) is 12.5 Å². The number of rotatable bonds is 3. The van der Waals surface area contributed by atoms with Crippen LogP contribution in [-0.4, -0.2) is 11.6 Å². The van der Waals surface area contributed by atoms with E-state index in [9.17, 15) is 9.18 Å². The standard InChI is InChI=1S/C10H14FNO/c1-2-6-10(11)7-4-3-5-8(10)9(12)13/h3-5,7-8H,2,6H2,1H3,(H2,12,13). The van der Waals surface area contributed by atoms with Gasteiger partial charge in [0.2, 0.25) is 5.91 Å². The maximum absolute atomic E-state index is 14.0. The van der Waals surface area contributed by atoms with Crippen LogP contribution < -0.4 is 5.73 Å². The molecule has 2 nitrogen and oxygen atoms in total. The zero-order valence-corrected chi connectivity index (χ0v) is 7.66. The molecule has 72 valence electrons. The van der Waals surface area contributed by atoms with Gasteiger partial charge in [0, 0.05) is 0 Å². The van der Waals surface area contributed by atoms with Gasteiger partial charge in [-0.15, -0.1) is 0 Å². The first-order valence-electron chi connectivity index (χ1n) is 4.44. The molecule has 3 heteroatoms. The third kappa shape index (κ3) is 1.97. The summed E-state index contributed by atoms with van der Waals surface area (Å²) in [5, 5.41) is 0. The lowest BCUT2D eigenvalue weighted by Gasteiger charge is -2.28. The minimum Gasteiger partial charge on any atom is -0.369 e. The second-order valence-corrected chi connectivity index (χ2v) is 3.30. The van der Waals surface area contributed by atoms with Crippen LogP contribution in [0, 0.1) is 5.92 Å². The Hall–Kier alpha value is -1.12. The van der Waals surface area contributed by atoms with Gasteiger partial charge in [-0.25, -0.2) is 4.39 Å². The minimum atomic E-state index is -1.57. The normalized spacial score (nSPS) is 32.0. The van der Waals surface area contributed by atoms with Gasteiger partial charge >= 0.3 is 0 Å². The molecule has 1 aliphatic rings.